The highest BCUT2D eigenvalue weighted by molar-refractivity contribution is 7.14. The smallest absolute Gasteiger partial charge is 0.266 e. The van der Waals surface area contributed by atoms with Gasteiger partial charge in [0.1, 0.15) is 5.82 Å². The van der Waals surface area contributed by atoms with E-state index in [1.54, 1.807) is 10.9 Å². The predicted molar refractivity (Wildman–Crippen MR) is 69.5 cm³/mol. The van der Waals surface area contributed by atoms with Gasteiger partial charge in [0.15, 0.2) is 0 Å². The Morgan fingerprint density at radius 3 is 2.94 bits per heavy atom. The number of carbonyl (C=O) groups excluding carboxylic acids is 1. The van der Waals surface area contributed by atoms with Crippen LogP contribution in [0.4, 0.5) is 5.82 Å². The van der Waals surface area contributed by atoms with Crippen LogP contribution in [-0.4, -0.2) is 15.7 Å². The Balaban J connectivity index is 2.10. The Morgan fingerprint density at radius 1 is 1.47 bits per heavy atom. The monoisotopic (exact) mass is 249 g/mol. The number of nitrogens with zero attached hydrogens (tertiary/aromatic N) is 2. The van der Waals surface area contributed by atoms with Gasteiger partial charge in [-0.3, -0.25) is 4.79 Å². The minimum Gasteiger partial charge on any atom is -0.306 e. The molecule has 1 amide bonds. The minimum atomic E-state index is -0.0686. The van der Waals surface area contributed by atoms with Crippen molar-refractivity contribution < 1.29 is 4.79 Å². The highest BCUT2D eigenvalue weighted by Crippen LogP contribution is 2.17. The summed E-state index contributed by atoms with van der Waals surface area (Å²) in [4.78, 5) is 13.8. The van der Waals surface area contributed by atoms with E-state index in [1.807, 2.05) is 25.1 Å². The van der Waals surface area contributed by atoms with Crippen LogP contribution in [0.25, 0.3) is 0 Å². The standard InChI is InChI=1S/C12H15N3OS/c1-3-8-15-11(6-7-13-15)14-12(16)10-5-4-9(2)17-10/h4-7H,3,8H2,1-2H3,(H,14,16). The van der Waals surface area contributed by atoms with Gasteiger partial charge in [0, 0.05) is 17.5 Å². The van der Waals surface area contributed by atoms with Crippen LogP contribution in [0.5, 0.6) is 0 Å². The van der Waals surface area contributed by atoms with E-state index in [0.717, 1.165) is 28.5 Å². The van der Waals surface area contributed by atoms with Crippen LogP contribution in [0.2, 0.25) is 0 Å². The first-order valence-corrected chi connectivity index (χ1v) is 6.42. The molecular formula is C12H15N3OS. The molecule has 4 nitrogen and oxygen atoms in total. The fourth-order valence-electron chi connectivity index (χ4n) is 1.56. The van der Waals surface area contributed by atoms with Gasteiger partial charge in [0.05, 0.1) is 11.1 Å². The van der Waals surface area contributed by atoms with Gasteiger partial charge < -0.3 is 5.32 Å². The number of hydrogen-bond donors (Lipinski definition) is 1. The zero-order chi connectivity index (χ0) is 12.3. The number of anilines is 1. The fourth-order valence-corrected chi connectivity index (χ4v) is 2.33. The summed E-state index contributed by atoms with van der Waals surface area (Å²) in [6.07, 6.45) is 2.69. The molecule has 0 fully saturated rings. The van der Waals surface area contributed by atoms with Gasteiger partial charge in [-0.15, -0.1) is 11.3 Å². The number of nitrogens with one attached hydrogen (secondary N) is 1. The lowest BCUT2D eigenvalue weighted by atomic mass is 10.4. The number of rotatable bonds is 4. The molecule has 17 heavy (non-hydrogen) atoms. The van der Waals surface area contributed by atoms with E-state index >= 15 is 0 Å². The lowest BCUT2D eigenvalue weighted by molar-refractivity contribution is 0.102. The number of thiophene rings is 1. The van der Waals surface area contributed by atoms with Crippen LogP contribution in [-0.2, 0) is 6.54 Å². The predicted octanol–water partition coefficient (Wildman–Crippen LogP) is 2.92. The fraction of sp³-hybridized carbons (Fsp3) is 0.333. The maximum absolute atomic E-state index is 11.9. The van der Waals surface area contributed by atoms with Crippen LogP contribution in [0.3, 0.4) is 0 Å². The number of carbonyl (C=O) groups is 1. The Hall–Kier alpha value is -1.62. The molecule has 2 heterocycles. The first kappa shape index (κ1) is 11.9. The molecule has 2 rings (SSSR count). The second-order valence-corrected chi connectivity index (χ2v) is 5.09. The average molecular weight is 249 g/mol. The molecule has 0 aliphatic carbocycles. The molecule has 1 N–H and O–H groups in total. The maximum Gasteiger partial charge on any atom is 0.266 e. The van der Waals surface area contributed by atoms with E-state index in [2.05, 4.69) is 17.3 Å². The first-order chi connectivity index (χ1) is 8.20. The van der Waals surface area contributed by atoms with E-state index in [-0.39, 0.29) is 5.91 Å². The molecule has 0 aromatic carbocycles. The first-order valence-electron chi connectivity index (χ1n) is 5.60. The van der Waals surface area contributed by atoms with Crippen molar-refractivity contribution in [1.29, 1.82) is 0 Å². The number of hydrogen-bond acceptors (Lipinski definition) is 3. The molecule has 2 aromatic heterocycles. The summed E-state index contributed by atoms with van der Waals surface area (Å²) < 4.78 is 1.80. The summed E-state index contributed by atoms with van der Waals surface area (Å²) >= 11 is 1.50. The third-order valence-electron chi connectivity index (χ3n) is 2.36. The van der Waals surface area contributed by atoms with Crippen molar-refractivity contribution in [2.45, 2.75) is 26.8 Å². The topological polar surface area (TPSA) is 46.9 Å². The van der Waals surface area contributed by atoms with Gasteiger partial charge in [-0.1, -0.05) is 6.92 Å². The van der Waals surface area contributed by atoms with Crippen LogP contribution in [0, 0.1) is 6.92 Å². The third-order valence-corrected chi connectivity index (χ3v) is 3.36. The second-order valence-electron chi connectivity index (χ2n) is 3.80. The second kappa shape index (κ2) is 5.14. The highest BCUT2D eigenvalue weighted by Gasteiger charge is 2.10. The van der Waals surface area contributed by atoms with E-state index in [0.29, 0.717) is 0 Å². The third kappa shape index (κ3) is 2.74. The maximum atomic E-state index is 11.9. The lowest BCUT2D eigenvalue weighted by Crippen LogP contribution is -2.14. The van der Waals surface area contributed by atoms with Crippen LogP contribution >= 0.6 is 11.3 Å². The van der Waals surface area contributed by atoms with Gasteiger partial charge in [-0.05, 0) is 25.5 Å². The molecule has 0 unspecified atom stereocenters. The lowest BCUT2D eigenvalue weighted by Gasteiger charge is -2.06. The van der Waals surface area contributed by atoms with Gasteiger partial charge in [-0.25, -0.2) is 4.68 Å². The Morgan fingerprint density at radius 2 is 2.29 bits per heavy atom. The molecule has 0 aliphatic rings. The summed E-state index contributed by atoms with van der Waals surface area (Å²) in [5.74, 6) is 0.684. The normalized spacial score (nSPS) is 10.5. The van der Waals surface area contributed by atoms with E-state index in [4.69, 9.17) is 0 Å². The summed E-state index contributed by atoms with van der Waals surface area (Å²) in [6.45, 7) is 4.88. The van der Waals surface area contributed by atoms with E-state index < -0.39 is 0 Å². The van der Waals surface area contributed by atoms with Crippen molar-refractivity contribution in [2.24, 2.45) is 0 Å². The van der Waals surface area contributed by atoms with Crippen molar-refractivity contribution in [1.82, 2.24) is 9.78 Å². The number of aryl methyl sites for hydroxylation is 2. The van der Waals surface area contributed by atoms with Gasteiger partial charge in [-0.2, -0.15) is 5.10 Å². The zero-order valence-electron chi connectivity index (χ0n) is 9.93. The van der Waals surface area contributed by atoms with Crippen molar-refractivity contribution in [2.75, 3.05) is 5.32 Å². The molecule has 2 aromatic rings. The molecule has 0 radical (unpaired) electrons. The molecule has 0 spiro atoms. The zero-order valence-corrected chi connectivity index (χ0v) is 10.8. The number of aromatic nitrogens is 2. The Bertz CT molecular complexity index is 515. The minimum absolute atomic E-state index is 0.0686. The average Bonchev–Trinajstić information content (AvgIpc) is 2.89. The summed E-state index contributed by atoms with van der Waals surface area (Å²) in [6, 6.07) is 5.60. The molecule has 0 aliphatic heterocycles. The van der Waals surface area contributed by atoms with Crippen LogP contribution in [0.15, 0.2) is 24.4 Å². The van der Waals surface area contributed by atoms with Crippen molar-refractivity contribution in [3.63, 3.8) is 0 Å². The molecule has 0 saturated carbocycles. The number of amides is 1. The summed E-state index contributed by atoms with van der Waals surface area (Å²) in [5.41, 5.74) is 0. The highest BCUT2D eigenvalue weighted by atomic mass is 32.1. The molecule has 90 valence electrons. The van der Waals surface area contributed by atoms with Crippen molar-refractivity contribution in [3.8, 4) is 0 Å². The SMILES string of the molecule is CCCn1nccc1NC(=O)c1ccc(C)s1. The van der Waals surface area contributed by atoms with Crippen LogP contribution < -0.4 is 5.32 Å². The molecule has 0 saturated heterocycles. The van der Waals surface area contributed by atoms with Gasteiger partial charge in [0.2, 0.25) is 0 Å². The van der Waals surface area contributed by atoms with Gasteiger partial charge >= 0.3 is 0 Å². The van der Waals surface area contributed by atoms with Crippen molar-refractivity contribution in [3.05, 3.63) is 34.2 Å². The summed E-state index contributed by atoms with van der Waals surface area (Å²) in [7, 11) is 0. The Labute approximate surface area is 104 Å². The van der Waals surface area contributed by atoms with Crippen molar-refractivity contribution >= 4 is 23.1 Å². The molecule has 5 heteroatoms. The largest absolute Gasteiger partial charge is 0.306 e. The quantitative estimate of drug-likeness (QED) is 0.905. The van der Waals surface area contributed by atoms with E-state index in [1.165, 1.54) is 11.3 Å². The Kier molecular flexibility index (Phi) is 3.58. The summed E-state index contributed by atoms with van der Waals surface area (Å²) in [5, 5.41) is 7.04. The molecular weight excluding hydrogens is 234 g/mol. The van der Waals surface area contributed by atoms with Gasteiger partial charge in [0.25, 0.3) is 5.91 Å². The van der Waals surface area contributed by atoms with E-state index in [9.17, 15) is 4.79 Å². The molecule has 0 atom stereocenters. The molecule has 0 bridgehead atoms. The van der Waals surface area contributed by atoms with Crippen LogP contribution in [0.1, 0.15) is 27.9 Å².